The van der Waals surface area contributed by atoms with Gasteiger partial charge in [0.1, 0.15) is 0 Å². The number of hydrogen-bond acceptors (Lipinski definition) is 3. The fourth-order valence-electron chi connectivity index (χ4n) is 1.22. The van der Waals surface area contributed by atoms with E-state index in [1.54, 1.807) is 6.92 Å². The monoisotopic (exact) mass is 198 g/mol. The second-order valence-corrected chi connectivity index (χ2v) is 3.31. The van der Waals surface area contributed by atoms with E-state index in [1.165, 1.54) is 7.05 Å². The molecule has 0 aliphatic carbocycles. The number of nitrogens with zero attached hydrogens (tertiary/aromatic N) is 2. The van der Waals surface area contributed by atoms with Crippen molar-refractivity contribution < 1.29 is 5.11 Å². The van der Waals surface area contributed by atoms with Gasteiger partial charge in [-0.2, -0.15) is 0 Å². The van der Waals surface area contributed by atoms with E-state index in [-0.39, 0.29) is 11.9 Å². The Bertz CT molecular complexity index is 444. The quantitative estimate of drug-likeness (QED) is 0.739. The van der Waals surface area contributed by atoms with E-state index >= 15 is 0 Å². The van der Waals surface area contributed by atoms with Crippen LogP contribution in [0.5, 0.6) is 5.88 Å². The van der Waals surface area contributed by atoms with E-state index in [1.807, 2.05) is 6.92 Å². The van der Waals surface area contributed by atoms with Crippen molar-refractivity contribution in [1.29, 1.82) is 0 Å². The van der Waals surface area contributed by atoms with Crippen molar-refractivity contribution in [2.24, 2.45) is 7.05 Å². The molecule has 0 bridgehead atoms. The average molecular weight is 198 g/mol. The summed E-state index contributed by atoms with van der Waals surface area (Å²) < 4.78 is 2.19. The summed E-state index contributed by atoms with van der Waals surface area (Å²) in [5.74, 6) is -0.306. The minimum absolute atomic E-state index is 0.151. The van der Waals surface area contributed by atoms with E-state index in [0.717, 1.165) is 15.2 Å². The van der Waals surface area contributed by atoms with E-state index in [0.29, 0.717) is 6.42 Å². The highest BCUT2D eigenvalue weighted by Crippen LogP contribution is 2.05. The molecule has 1 aromatic rings. The Morgan fingerprint density at radius 3 is 2.57 bits per heavy atom. The van der Waals surface area contributed by atoms with Crippen molar-refractivity contribution in [2.45, 2.75) is 26.3 Å². The van der Waals surface area contributed by atoms with Gasteiger partial charge in [0, 0.05) is 13.1 Å². The maximum absolute atomic E-state index is 11.6. The first-order chi connectivity index (χ1) is 6.49. The SMILES string of the molecule is CCC(C)n1c(=O)cc(O)n(C)c1=O. The molecule has 0 fully saturated rings. The predicted octanol–water partition coefficient (Wildman–Crippen LogP) is 0.224. The van der Waals surface area contributed by atoms with E-state index in [2.05, 4.69) is 0 Å². The van der Waals surface area contributed by atoms with Crippen LogP contribution in [0.25, 0.3) is 0 Å². The Labute approximate surface area is 81.2 Å². The third kappa shape index (κ3) is 1.57. The summed E-state index contributed by atoms with van der Waals surface area (Å²) in [6.45, 7) is 3.68. The third-order valence-corrected chi connectivity index (χ3v) is 2.36. The maximum Gasteiger partial charge on any atom is 0.333 e. The van der Waals surface area contributed by atoms with Gasteiger partial charge in [-0.05, 0) is 13.3 Å². The van der Waals surface area contributed by atoms with Crippen LogP contribution in [0.15, 0.2) is 15.7 Å². The first-order valence-electron chi connectivity index (χ1n) is 4.50. The van der Waals surface area contributed by atoms with Crippen LogP contribution in [-0.4, -0.2) is 14.2 Å². The lowest BCUT2D eigenvalue weighted by Gasteiger charge is -2.13. The smallest absolute Gasteiger partial charge is 0.333 e. The van der Waals surface area contributed by atoms with Gasteiger partial charge in [0.05, 0.1) is 6.07 Å². The van der Waals surface area contributed by atoms with E-state index in [9.17, 15) is 14.7 Å². The largest absolute Gasteiger partial charge is 0.494 e. The summed E-state index contributed by atoms with van der Waals surface area (Å²) in [5.41, 5.74) is -0.940. The second-order valence-electron chi connectivity index (χ2n) is 3.31. The first-order valence-corrected chi connectivity index (χ1v) is 4.50. The Morgan fingerprint density at radius 2 is 2.07 bits per heavy atom. The average Bonchev–Trinajstić information content (AvgIpc) is 2.14. The predicted molar refractivity (Wildman–Crippen MR) is 52.6 cm³/mol. The summed E-state index contributed by atoms with van der Waals surface area (Å²) >= 11 is 0. The summed E-state index contributed by atoms with van der Waals surface area (Å²) in [5, 5.41) is 9.21. The van der Waals surface area contributed by atoms with Gasteiger partial charge in [0.15, 0.2) is 5.88 Å². The first kappa shape index (κ1) is 10.6. The summed E-state index contributed by atoms with van der Waals surface area (Å²) in [4.78, 5) is 23.0. The molecule has 0 radical (unpaired) electrons. The molecule has 5 heteroatoms. The highest BCUT2D eigenvalue weighted by atomic mass is 16.3. The molecule has 1 atom stereocenters. The molecule has 1 N–H and O–H groups in total. The molecule has 1 heterocycles. The Kier molecular flexibility index (Phi) is 2.78. The van der Waals surface area contributed by atoms with Crippen molar-refractivity contribution in [3.05, 3.63) is 26.9 Å². The van der Waals surface area contributed by atoms with Gasteiger partial charge < -0.3 is 5.11 Å². The minimum atomic E-state index is -0.482. The van der Waals surface area contributed by atoms with Gasteiger partial charge in [-0.15, -0.1) is 0 Å². The highest BCUT2D eigenvalue weighted by molar-refractivity contribution is 5.06. The fraction of sp³-hybridized carbons (Fsp3) is 0.556. The minimum Gasteiger partial charge on any atom is -0.494 e. The van der Waals surface area contributed by atoms with Crippen LogP contribution in [-0.2, 0) is 7.05 Å². The molecule has 1 aromatic heterocycles. The van der Waals surface area contributed by atoms with Crippen LogP contribution in [0.3, 0.4) is 0 Å². The van der Waals surface area contributed by atoms with Gasteiger partial charge in [0.2, 0.25) is 0 Å². The molecule has 78 valence electrons. The summed E-state index contributed by atoms with van der Waals surface area (Å²) in [6.07, 6.45) is 0.694. The maximum atomic E-state index is 11.6. The molecular formula is C9H14N2O3. The lowest BCUT2D eigenvalue weighted by atomic mass is 10.2. The molecule has 5 nitrogen and oxygen atoms in total. The van der Waals surface area contributed by atoms with Gasteiger partial charge in [-0.3, -0.25) is 13.9 Å². The van der Waals surface area contributed by atoms with Crippen LogP contribution < -0.4 is 11.2 Å². The summed E-state index contributed by atoms with van der Waals surface area (Å²) in [7, 11) is 1.43. The molecule has 1 unspecified atom stereocenters. The zero-order valence-electron chi connectivity index (χ0n) is 8.52. The van der Waals surface area contributed by atoms with Crippen molar-refractivity contribution in [1.82, 2.24) is 9.13 Å². The Hall–Kier alpha value is -1.52. The van der Waals surface area contributed by atoms with Crippen molar-refractivity contribution >= 4 is 0 Å². The van der Waals surface area contributed by atoms with Gasteiger partial charge in [-0.25, -0.2) is 4.79 Å². The zero-order valence-corrected chi connectivity index (χ0v) is 8.52. The molecule has 14 heavy (non-hydrogen) atoms. The normalized spacial score (nSPS) is 12.8. The van der Waals surface area contributed by atoms with E-state index in [4.69, 9.17) is 0 Å². The lowest BCUT2D eigenvalue weighted by molar-refractivity contribution is 0.393. The van der Waals surface area contributed by atoms with Gasteiger partial charge in [0.25, 0.3) is 5.56 Å². The number of hydrogen-bond donors (Lipinski definition) is 1. The van der Waals surface area contributed by atoms with Crippen LogP contribution >= 0.6 is 0 Å². The molecule has 0 saturated carbocycles. The van der Waals surface area contributed by atoms with E-state index < -0.39 is 11.2 Å². The zero-order chi connectivity index (χ0) is 10.9. The topological polar surface area (TPSA) is 64.2 Å². The molecule has 0 saturated heterocycles. The standard InChI is InChI=1S/C9H14N2O3/c1-4-6(2)11-8(13)5-7(12)10(3)9(11)14/h5-6,12H,4H2,1-3H3. The Balaban J connectivity index is 3.53. The van der Waals surface area contributed by atoms with Gasteiger partial charge >= 0.3 is 5.69 Å². The number of rotatable bonds is 2. The second kappa shape index (κ2) is 3.69. The lowest BCUT2D eigenvalue weighted by Crippen LogP contribution is -2.39. The van der Waals surface area contributed by atoms with Crippen LogP contribution in [0.1, 0.15) is 26.3 Å². The number of aromatic nitrogens is 2. The molecule has 0 amide bonds. The summed E-state index contributed by atoms with van der Waals surface area (Å²) in [6, 6.07) is 0.898. The molecule has 0 spiro atoms. The molecule has 1 rings (SSSR count). The van der Waals surface area contributed by atoms with Gasteiger partial charge in [-0.1, -0.05) is 6.92 Å². The Morgan fingerprint density at radius 1 is 1.50 bits per heavy atom. The molecule has 0 aliphatic heterocycles. The number of aromatic hydroxyl groups is 1. The highest BCUT2D eigenvalue weighted by Gasteiger charge is 2.11. The molecular weight excluding hydrogens is 184 g/mol. The molecule has 0 aliphatic rings. The third-order valence-electron chi connectivity index (χ3n) is 2.36. The fourth-order valence-corrected chi connectivity index (χ4v) is 1.22. The van der Waals surface area contributed by atoms with Crippen LogP contribution in [0.2, 0.25) is 0 Å². The van der Waals surface area contributed by atoms with Crippen LogP contribution in [0.4, 0.5) is 0 Å². The van der Waals surface area contributed by atoms with Crippen LogP contribution in [0, 0.1) is 0 Å². The molecule has 0 aromatic carbocycles. The van der Waals surface area contributed by atoms with Crippen molar-refractivity contribution in [3.8, 4) is 5.88 Å². The van der Waals surface area contributed by atoms with Crippen molar-refractivity contribution in [3.63, 3.8) is 0 Å². The van der Waals surface area contributed by atoms with Crippen molar-refractivity contribution in [2.75, 3.05) is 0 Å².